The van der Waals surface area contributed by atoms with Crippen molar-refractivity contribution in [3.05, 3.63) is 63.1 Å². The van der Waals surface area contributed by atoms with Gasteiger partial charge in [-0.2, -0.15) is 0 Å². The third-order valence-corrected chi connectivity index (χ3v) is 10.6. The number of pyridine rings is 1. The molecule has 2 bridgehead atoms. The molecule has 2 aromatic rings. The molecule has 1 aromatic heterocycles. The van der Waals surface area contributed by atoms with Crippen molar-refractivity contribution < 1.29 is 9.90 Å². The smallest absolute Gasteiger partial charge is 0.260 e. The number of H-pyrrole nitrogens is 1. The van der Waals surface area contributed by atoms with E-state index in [0.717, 1.165) is 69.6 Å². The summed E-state index contributed by atoms with van der Waals surface area (Å²) in [6.07, 6.45) is 10.4. The molecule has 2 saturated carbocycles. The maximum atomic E-state index is 13.9. The second kappa shape index (κ2) is 8.72. The molecule has 1 spiro atoms. The van der Waals surface area contributed by atoms with Crippen molar-refractivity contribution in [3.63, 3.8) is 0 Å². The molecule has 4 heterocycles. The molecule has 3 aliphatic heterocycles. The highest BCUT2D eigenvalue weighted by Gasteiger charge is 2.58. The number of fused-ring (bicyclic) bond motifs is 3. The standard InChI is InChI=1S/C31H39N3O3/c1-19-4-11-25(29(36)32-19)30(37)34-18-22-7-9-23-15-21-8-10-24(35)16-26(21)31(12-2-3-27(34)28(22)31)13-14-33(23)17-20-5-6-20/h4,8,10-11,16,20,22-23,27-28,35H,2-3,5-7,9,12-15,17-18H2,1H3,(H,32,36)/t22-,23?,27?,28?,31?/m1/s1. The highest BCUT2D eigenvalue weighted by Crippen LogP contribution is 2.58. The number of aryl methyl sites for hydroxylation is 1. The molecule has 2 saturated heterocycles. The first-order chi connectivity index (χ1) is 17.9. The quantitative estimate of drug-likeness (QED) is 0.654. The normalized spacial score (nSPS) is 33.2. The first-order valence-corrected chi connectivity index (χ1v) is 14.5. The van der Waals surface area contributed by atoms with Crippen molar-refractivity contribution in [1.82, 2.24) is 14.8 Å². The number of aromatic amines is 1. The van der Waals surface area contributed by atoms with E-state index in [0.29, 0.717) is 23.6 Å². The Morgan fingerprint density at radius 3 is 2.78 bits per heavy atom. The predicted molar refractivity (Wildman–Crippen MR) is 143 cm³/mol. The number of rotatable bonds is 3. The lowest BCUT2D eigenvalue weighted by molar-refractivity contribution is 0.0544. The van der Waals surface area contributed by atoms with Crippen LogP contribution in [0.1, 0.15) is 78.5 Å². The summed E-state index contributed by atoms with van der Waals surface area (Å²) in [7, 11) is 0. The number of hydrogen-bond acceptors (Lipinski definition) is 4. The number of phenols is 1. The van der Waals surface area contributed by atoms with Gasteiger partial charge in [-0.3, -0.25) is 14.5 Å². The van der Waals surface area contributed by atoms with Crippen LogP contribution < -0.4 is 5.56 Å². The molecule has 1 aromatic carbocycles. The van der Waals surface area contributed by atoms with Gasteiger partial charge in [0.25, 0.3) is 11.5 Å². The van der Waals surface area contributed by atoms with Crippen molar-refractivity contribution in [1.29, 1.82) is 0 Å². The van der Waals surface area contributed by atoms with E-state index in [2.05, 4.69) is 26.9 Å². The Kier molecular flexibility index (Phi) is 5.54. The van der Waals surface area contributed by atoms with E-state index >= 15 is 0 Å². The van der Waals surface area contributed by atoms with Gasteiger partial charge in [0.15, 0.2) is 0 Å². The monoisotopic (exact) mass is 501 g/mol. The molecular formula is C31H39N3O3. The fraction of sp³-hybridized carbons (Fsp3) is 0.613. The number of carbonyl (C=O) groups is 1. The van der Waals surface area contributed by atoms with E-state index in [1.807, 2.05) is 19.1 Å². The number of nitrogens with one attached hydrogen (secondary N) is 1. The number of phenolic OH excluding ortho intramolecular Hbond substituents is 1. The lowest BCUT2D eigenvalue weighted by Crippen LogP contribution is -2.52. The molecule has 4 unspecified atom stereocenters. The number of aromatic hydroxyl groups is 1. The van der Waals surface area contributed by atoms with Gasteiger partial charge in [-0.1, -0.05) is 12.5 Å². The molecule has 6 heteroatoms. The minimum atomic E-state index is -0.277. The van der Waals surface area contributed by atoms with Crippen molar-refractivity contribution in [3.8, 4) is 5.75 Å². The van der Waals surface area contributed by atoms with Crippen molar-refractivity contribution >= 4 is 5.91 Å². The van der Waals surface area contributed by atoms with Crippen LogP contribution in [-0.2, 0) is 11.8 Å². The molecule has 196 valence electrons. The molecule has 6 nitrogen and oxygen atoms in total. The van der Waals surface area contributed by atoms with Crippen LogP contribution in [0, 0.1) is 24.7 Å². The van der Waals surface area contributed by atoms with E-state index in [1.165, 1.54) is 30.5 Å². The first-order valence-electron chi connectivity index (χ1n) is 14.5. The highest BCUT2D eigenvalue weighted by atomic mass is 16.3. The maximum absolute atomic E-state index is 13.9. The number of benzene rings is 1. The zero-order valence-corrected chi connectivity index (χ0v) is 21.9. The van der Waals surface area contributed by atoms with Gasteiger partial charge >= 0.3 is 0 Å². The van der Waals surface area contributed by atoms with Crippen molar-refractivity contribution in [2.24, 2.45) is 17.8 Å². The van der Waals surface area contributed by atoms with E-state index in [4.69, 9.17) is 0 Å². The summed E-state index contributed by atoms with van der Waals surface area (Å²) in [5.41, 5.74) is 3.50. The first kappa shape index (κ1) is 23.5. The van der Waals surface area contributed by atoms with Gasteiger partial charge < -0.3 is 15.0 Å². The number of hydrogen-bond donors (Lipinski definition) is 2. The fourth-order valence-corrected chi connectivity index (χ4v) is 8.78. The number of nitrogens with zero attached hydrogens (tertiary/aromatic N) is 2. The number of likely N-dealkylation sites (tertiary alicyclic amines) is 1. The summed E-state index contributed by atoms with van der Waals surface area (Å²) in [6.45, 7) is 4.93. The molecule has 37 heavy (non-hydrogen) atoms. The molecule has 4 fully saturated rings. The fourth-order valence-electron chi connectivity index (χ4n) is 8.78. The number of carbonyl (C=O) groups excluding carboxylic acids is 1. The van der Waals surface area contributed by atoms with Crippen LogP contribution in [-0.4, -0.2) is 57.5 Å². The average molecular weight is 502 g/mol. The van der Waals surface area contributed by atoms with Gasteiger partial charge in [0, 0.05) is 36.3 Å². The van der Waals surface area contributed by atoms with Crippen LogP contribution in [0.4, 0.5) is 0 Å². The van der Waals surface area contributed by atoms with E-state index in [1.54, 1.807) is 6.07 Å². The van der Waals surface area contributed by atoms with Gasteiger partial charge in [0.1, 0.15) is 11.3 Å². The third kappa shape index (κ3) is 3.86. The Hall–Kier alpha value is -2.60. The Morgan fingerprint density at radius 1 is 1.11 bits per heavy atom. The SMILES string of the molecule is Cc1ccc(C(=O)N2C[C@H]3CCC4Cc5ccc(O)cc5C5(CCCC2C35)CCN4CC2CC2)c(=O)[nH]1. The zero-order valence-electron chi connectivity index (χ0n) is 21.9. The number of amides is 1. The van der Waals surface area contributed by atoms with Crippen LogP contribution in [0.25, 0.3) is 0 Å². The van der Waals surface area contributed by atoms with Gasteiger partial charge in [-0.05, 0) is 118 Å². The van der Waals surface area contributed by atoms with Gasteiger partial charge in [-0.15, -0.1) is 0 Å². The minimum absolute atomic E-state index is 0.0342. The van der Waals surface area contributed by atoms with Crippen LogP contribution >= 0.6 is 0 Å². The Morgan fingerprint density at radius 2 is 1.97 bits per heavy atom. The number of aromatic nitrogens is 1. The van der Waals surface area contributed by atoms with Crippen molar-refractivity contribution in [2.75, 3.05) is 19.6 Å². The summed E-state index contributed by atoms with van der Waals surface area (Å²) in [4.78, 5) is 34.3. The Bertz CT molecular complexity index is 1280. The highest BCUT2D eigenvalue weighted by molar-refractivity contribution is 5.94. The van der Waals surface area contributed by atoms with Crippen LogP contribution in [0.3, 0.4) is 0 Å². The maximum Gasteiger partial charge on any atom is 0.260 e. The van der Waals surface area contributed by atoms with E-state index in [-0.39, 0.29) is 28.5 Å². The Labute approximate surface area is 219 Å². The second-order valence-electron chi connectivity index (χ2n) is 12.7. The van der Waals surface area contributed by atoms with Crippen LogP contribution in [0.2, 0.25) is 0 Å². The van der Waals surface area contributed by atoms with Gasteiger partial charge in [0.05, 0.1) is 0 Å². The molecule has 5 atom stereocenters. The molecule has 3 aliphatic carbocycles. The topological polar surface area (TPSA) is 76.6 Å². The third-order valence-electron chi connectivity index (χ3n) is 10.6. The van der Waals surface area contributed by atoms with Gasteiger partial charge in [-0.25, -0.2) is 0 Å². The molecular weight excluding hydrogens is 462 g/mol. The molecule has 0 radical (unpaired) electrons. The van der Waals surface area contributed by atoms with E-state index in [9.17, 15) is 14.7 Å². The lowest BCUT2D eigenvalue weighted by atomic mass is 9.55. The summed E-state index contributed by atoms with van der Waals surface area (Å²) in [6, 6.07) is 10.3. The van der Waals surface area contributed by atoms with Crippen LogP contribution in [0.15, 0.2) is 35.1 Å². The average Bonchev–Trinajstić information content (AvgIpc) is 3.60. The molecule has 6 aliphatic rings. The molecule has 1 amide bonds. The molecule has 8 rings (SSSR count). The largest absolute Gasteiger partial charge is 0.508 e. The lowest BCUT2D eigenvalue weighted by Gasteiger charge is -2.51. The second-order valence-corrected chi connectivity index (χ2v) is 12.7. The summed E-state index contributed by atoms with van der Waals surface area (Å²) in [5, 5.41) is 10.7. The predicted octanol–water partition coefficient (Wildman–Crippen LogP) is 4.39. The van der Waals surface area contributed by atoms with E-state index < -0.39 is 0 Å². The Balaban J connectivity index is 1.32. The zero-order chi connectivity index (χ0) is 25.3. The summed E-state index contributed by atoms with van der Waals surface area (Å²) in [5.74, 6) is 1.93. The minimum Gasteiger partial charge on any atom is -0.508 e. The van der Waals surface area contributed by atoms with Gasteiger partial charge in [0.2, 0.25) is 0 Å². The summed E-state index contributed by atoms with van der Waals surface area (Å²) >= 11 is 0. The molecule has 2 N–H and O–H groups in total. The summed E-state index contributed by atoms with van der Waals surface area (Å²) < 4.78 is 0. The van der Waals surface area contributed by atoms with Crippen LogP contribution in [0.5, 0.6) is 5.75 Å². The van der Waals surface area contributed by atoms with Crippen molar-refractivity contribution in [2.45, 2.75) is 82.2 Å².